The summed E-state index contributed by atoms with van der Waals surface area (Å²) >= 11 is 0. The molecular weight excluding hydrogens is 270 g/mol. The average molecular weight is 297 g/mol. The second kappa shape index (κ2) is 6.04. The molecule has 22 heavy (non-hydrogen) atoms. The lowest BCUT2D eigenvalue weighted by atomic mass is 9.91. The van der Waals surface area contributed by atoms with Gasteiger partial charge in [-0.1, -0.05) is 25.8 Å². The van der Waals surface area contributed by atoms with Gasteiger partial charge in [0.25, 0.3) is 0 Å². The SMILES string of the molecule is CCCCc1ccc2c(c1)nc1n2CCN(C2CCC2)CC1. The Morgan fingerprint density at radius 1 is 1.18 bits per heavy atom. The Labute approximate surface area is 133 Å². The van der Waals surface area contributed by atoms with E-state index in [2.05, 4.69) is 34.6 Å². The lowest BCUT2D eigenvalue weighted by Crippen LogP contribution is -2.41. The number of hydrogen-bond donors (Lipinski definition) is 0. The molecule has 1 fully saturated rings. The summed E-state index contributed by atoms with van der Waals surface area (Å²) in [5, 5.41) is 0. The van der Waals surface area contributed by atoms with Gasteiger partial charge in [0, 0.05) is 32.1 Å². The van der Waals surface area contributed by atoms with Crippen LogP contribution in [0.2, 0.25) is 0 Å². The van der Waals surface area contributed by atoms with Crippen LogP contribution in [0.4, 0.5) is 0 Å². The van der Waals surface area contributed by atoms with E-state index in [0.29, 0.717) is 0 Å². The largest absolute Gasteiger partial charge is 0.327 e. The highest BCUT2D eigenvalue weighted by Gasteiger charge is 2.27. The Morgan fingerprint density at radius 2 is 2.09 bits per heavy atom. The molecule has 3 nitrogen and oxygen atoms in total. The Bertz CT molecular complexity index is 654. The molecule has 1 aliphatic carbocycles. The molecular formula is C19H27N3. The number of imidazole rings is 1. The predicted octanol–water partition coefficient (Wildman–Crippen LogP) is 3.79. The molecule has 118 valence electrons. The maximum Gasteiger partial charge on any atom is 0.111 e. The van der Waals surface area contributed by atoms with Gasteiger partial charge >= 0.3 is 0 Å². The molecule has 0 spiro atoms. The number of aryl methyl sites for hydroxylation is 1. The van der Waals surface area contributed by atoms with Gasteiger partial charge in [0.05, 0.1) is 11.0 Å². The summed E-state index contributed by atoms with van der Waals surface area (Å²) < 4.78 is 2.47. The van der Waals surface area contributed by atoms with Crippen molar-refractivity contribution in [2.24, 2.45) is 0 Å². The van der Waals surface area contributed by atoms with E-state index in [1.165, 1.54) is 74.0 Å². The zero-order valence-electron chi connectivity index (χ0n) is 13.7. The zero-order chi connectivity index (χ0) is 14.9. The van der Waals surface area contributed by atoms with Crippen LogP contribution in [-0.4, -0.2) is 33.6 Å². The summed E-state index contributed by atoms with van der Waals surface area (Å²) in [5.41, 5.74) is 3.99. The number of unbranched alkanes of at least 4 members (excludes halogenated alkanes) is 1. The molecule has 3 heteroatoms. The molecule has 0 radical (unpaired) electrons. The Balaban J connectivity index is 1.57. The summed E-state index contributed by atoms with van der Waals surface area (Å²) in [7, 11) is 0. The lowest BCUT2D eigenvalue weighted by molar-refractivity contribution is 0.130. The van der Waals surface area contributed by atoms with Crippen molar-refractivity contribution < 1.29 is 0 Å². The molecule has 1 aliphatic heterocycles. The molecule has 0 unspecified atom stereocenters. The monoisotopic (exact) mass is 297 g/mol. The second-order valence-electron chi connectivity index (χ2n) is 6.98. The van der Waals surface area contributed by atoms with Crippen molar-refractivity contribution in [2.75, 3.05) is 13.1 Å². The summed E-state index contributed by atoms with van der Waals surface area (Å²) in [6, 6.07) is 7.78. The van der Waals surface area contributed by atoms with Crippen LogP contribution in [-0.2, 0) is 19.4 Å². The van der Waals surface area contributed by atoms with Crippen molar-refractivity contribution in [1.82, 2.24) is 14.5 Å². The summed E-state index contributed by atoms with van der Waals surface area (Å²) in [4.78, 5) is 7.65. The highest BCUT2D eigenvalue weighted by Crippen LogP contribution is 2.27. The van der Waals surface area contributed by atoms with Crippen molar-refractivity contribution in [3.63, 3.8) is 0 Å². The Kier molecular flexibility index (Phi) is 3.91. The van der Waals surface area contributed by atoms with Crippen LogP contribution in [0.3, 0.4) is 0 Å². The van der Waals surface area contributed by atoms with Gasteiger partial charge in [-0.05, 0) is 43.4 Å². The first-order valence-electron chi connectivity index (χ1n) is 9.07. The minimum Gasteiger partial charge on any atom is -0.327 e. The maximum atomic E-state index is 4.96. The molecule has 1 saturated carbocycles. The minimum atomic E-state index is 0.858. The molecule has 1 aromatic carbocycles. The summed E-state index contributed by atoms with van der Waals surface area (Å²) in [5.74, 6) is 1.30. The molecule has 0 N–H and O–H groups in total. The molecule has 2 heterocycles. The smallest absolute Gasteiger partial charge is 0.111 e. The number of aromatic nitrogens is 2. The maximum absolute atomic E-state index is 4.96. The van der Waals surface area contributed by atoms with E-state index in [1.54, 1.807) is 0 Å². The van der Waals surface area contributed by atoms with Crippen molar-refractivity contribution in [3.8, 4) is 0 Å². The van der Waals surface area contributed by atoms with Crippen LogP contribution in [0, 0.1) is 0 Å². The van der Waals surface area contributed by atoms with Gasteiger partial charge in [0.2, 0.25) is 0 Å². The van der Waals surface area contributed by atoms with E-state index in [0.717, 1.165) is 19.0 Å². The lowest BCUT2D eigenvalue weighted by Gasteiger charge is -2.36. The molecule has 0 atom stereocenters. The van der Waals surface area contributed by atoms with E-state index >= 15 is 0 Å². The van der Waals surface area contributed by atoms with Crippen molar-refractivity contribution >= 4 is 11.0 Å². The number of rotatable bonds is 4. The van der Waals surface area contributed by atoms with Crippen LogP contribution in [0.15, 0.2) is 18.2 Å². The fraction of sp³-hybridized carbons (Fsp3) is 0.632. The molecule has 0 saturated heterocycles. The first-order chi connectivity index (χ1) is 10.8. The molecule has 4 rings (SSSR count). The highest BCUT2D eigenvalue weighted by molar-refractivity contribution is 5.77. The van der Waals surface area contributed by atoms with Gasteiger partial charge in [-0.3, -0.25) is 4.90 Å². The van der Waals surface area contributed by atoms with Crippen molar-refractivity contribution in [3.05, 3.63) is 29.6 Å². The predicted molar refractivity (Wildman–Crippen MR) is 91.3 cm³/mol. The van der Waals surface area contributed by atoms with E-state index < -0.39 is 0 Å². The van der Waals surface area contributed by atoms with Crippen molar-refractivity contribution in [1.29, 1.82) is 0 Å². The summed E-state index contributed by atoms with van der Waals surface area (Å²) in [6.45, 7) is 5.75. The second-order valence-corrected chi connectivity index (χ2v) is 6.98. The van der Waals surface area contributed by atoms with E-state index in [4.69, 9.17) is 4.98 Å². The Morgan fingerprint density at radius 3 is 2.86 bits per heavy atom. The number of fused-ring (bicyclic) bond motifs is 3. The van der Waals surface area contributed by atoms with Crippen LogP contribution in [0.25, 0.3) is 11.0 Å². The molecule has 2 aromatic rings. The fourth-order valence-electron chi connectivity index (χ4n) is 3.90. The van der Waals surface area contributed by atoms with Crippen LogP contribution >= 0.6 is 0 Å². The van der Waals surface area contributed by atoms with Gasteiger partial charge in [-0.25, -0.2) is 4.98 Å². The quantitative estimate of drug-likeness (QED) is 0.856. The fourth-order valence-corrected chi connectivity index (χ4v) is 3.90. The average Bonchev–Trinajstić information content (AvgIpc) is 2.70. The highest BCUT2D eigenvalue weighted by atomic mass is 15.2. The third-order valence-electron chi connectivity index (χ3n) is 5.54. The first-order valence-corrected chi connectivity index (χ1v) is 9.07. The van der Waals surface area contributed by atoms with E-state index in [9.17, 15) is 0 Å². The normalized spacial score (nSPS) is 19.9. The Hall–Kier alpha value is -1.35. The van der Waals surface area contributed by atoms with Crippen LogP contribution in [0.1, 0.15) is 50.4 Å². The zero-order valence-corrected chi connectivity index (χ0v) is 13.7. The van der Waals surface area contributed by atoms with Gasteiger partial charge in [-0.15, -0.1) is 0 Å². The summed E-state index contributed by atoms with van der Waals surface area (Å²) in [6.07, 6.45) is 9.06. The number of benzene rings is 1. The van der Waals surface area contributed by atoms with E-state index in [-0.39, 0.29) is 0 Å². The minimum absolute atomic E-state index is 0.858. The standard InChI is InChI=1S/C19H27N3/c1-2-3-5-15-8-9-18-17(14-15)20-19-10-11-21(12-13-22(18)19)16-6-4-7-16/h8-9,14,16H,2-7,10-13H2,1H3. The van der Waals surface area contributed by atoms with Gasteiger partial charge in [0.1, 0.15) is 5.82 Å². The van der Waals surface area contributed by atoms with Gasteiger partial charge in [0.15, 0.2) is 0 Å². The van der Waals surface area contributed by atoms with E-state index in [1.807, 2.05) is 0 Å². The first kappa shape index (κ1) is 14.3. The van der Waals surface area contributed by atoms with Crippen LogP contribution in [0.5, 0.6) is 0 Å². The molecule has 2 aliphatic rings. The molecule has 0 bridgehead atoms. The topological polar surface area (TPSA) is 21.1 Å². The van der Waals surface area contributed by atoms with Gasteiger partial charge < -0.3 is 4.57 Å². The third kappa shape index (κ3) is 2.56. The van der Waals surface area contributed by atoms with Crippen molar-refractivity contribution in [2.45, 2.75) is 64.5 Å². The number of nitrogens with zero attached hydrogens (tertiary/aromatic N) is 3. The molecule has 1 aromatic heterocycles. The third-order valence-corrected chi connectivity index (χ3v) is 5.54. The molecule has 0 amide bonds. The van der Waals surface area contributed by atoms with Crippen LogP contribution < -0.4 is 0 Å². The number of hydrogen-bond acceptors (Lipinski definition) is 2. The van der Waals surface area contributed by atoms with Gasteiger partial charge in [-0.2, -0.15) is 0 Å².